The highest BCUT2D eigenvalue weighted by Crippen LogP contribution is 2.29. The number of aryl methyl sites for hydroxylation is 1. The highest BCUT2D eigenvalue weighted by molar-refractivity contribution is 6.11. The molecule has 3 aromatic heterocycles. The summed E-state index contributed by atoms with van der Waals surface area (Å²) in [6.07, 6.45) is 10.9. The van der Waals surface area contributed by atoms with Crippen LogP contribution in [0.5, 0.6) is 0 Å². The van der Waals surface area contributed by atoms with E-state index >= 15 is 0 Å². The molecular formula is C24H24N6O. The van der Waals surface area contributed by atoms with Crippen LogP contribution in [-0.2, 0) is 0 Å². The van der Waals surface area contributed by atoms with Crippen molar-refractivity contribution in [3.63, 3.8) is 0 Å². The molecule has 0 atom stereocenters. The van der Waals surface area contributed by atoms with Crippen molar-refractivity contribution in [1.82, 2.24) is 20.2 Å². The van der Waals surface area contributed by atoms with E-state index in [0.717, 1.165) is 46.4 Å². The third-order valence-electron chi connectivity index (χ3n) is 5.69. The van der Waals surface area contributed by atoms with Gasteiger partial charge in [0.05, 0.1) is 29.3 Å². The number of aromatic nitrogens is 4. The van der Waals surface area contributed by atoms with E-state index in [4.69, 9.17) is 0 Å². The first kappa shape index (κ1) is 19.2. The smallest absolute Gasteiger partial charge is 0.276 e. The Morgan fingerprint density at radius 3 is 2.65 bits per heavy atom. The van der Waals surface area contributed by atoms with Gasteiger partial charge in [0.1, 0.15) is 0 Å². The second-order valence-corrected chi connectivity index (χ2v) is 8.02. The van der Waals surface area contributed by atoms with Gasteiger partial charge in [-0.2, -0.15) is 5.10 Å². The van der Waals surface area contributed by atoms with Crippen LogP contribution < -0.4 is 10.2 Å². The number of H-pyrrole nitrogens is 1. The number of anilines is 2. The number of carbonyl (C=O) groups excluding carboxylic acids is 1. The van der Waals surface area contributed by atoms with Crippen molar-refractivity contribution < 1.29 is 4.79 Å². The summed E-state index contributed by atoms with van der Waals surface area (Å²) in [6, 6.07) is 10.0. The summed E-state index contributed by atoms with van der Waals surface area (Å²) >= 11 is 0. The Bertz CT molecular complexity index is 1240. The number of benzene rings is 1. The number of piperidine rings is 1. The van der Waals surface area contributed by atoms with Crippen molar-refractivity contribution in [2.75, 3.05) is 23.3 Å². The second kappa shape index (κ2) is 8.18. The molecule has 0 bridgehead atoms. The van der Waals surface area contributed by atoms with Crippen LogP contribution in [0.2, 0.25) is 0 Å². The molecule has 4 heterocycles. The number of rotatable bonds is 4. The molecule has 1 aliphatic heterocycles. The highest BCUT2D eigenvalue weighted by Gasteiger charge is 2.16. The van der Waals surface area contributed by atoms with Gasteiger partial charge in [0, 0.05) is 36.4 Å². The molecule has 1 aromatic carbocycles. The van der Waals surface area contributed by atoms with E-state index in [1.165, 1.54) is 19.3 Å². The minimum atomic E-state index is -0.268. The number of carbonyl (C=O) groups is 1. The summed E-state index contributed by atoms with van der Waals surface area (Å²) in [5, 5.41) is 10.9. The van der Waals surface area contributed by atoms with E-state index in [1.54, 1.807) is 12.4 Å². The lowest BCUT2D eigenvalue weighted by molar-refractivity contribution is 0.102. The van der Waals surface area contributed by atoms with Gasteiger partial charge in [0.15, 0.2) is 5.69 Å². The van der Waals surface area contributed by atoms with Gasteiger partial charge in [-0.25, -0.2) is 0 Å². The standard InChI is InChI=1S/C24H24N6O/c1-16-9-19(14-25-12-16)27-24(31)23-21-11-17(5-6-22(21)28-29-23)18-10-20(15-26-13-18)30-7-3-2-4-8-30/h5-6,9-15H,2-4,7-8H2,1H3,(H,27,31)(H,28,29). The van der Waals surface area contributed by atoms with Crippen molar-refractivity contribution in [2.24, 2.45) is 0 Å². The summed E-state index contributed by atoms with van der Waals surface area (Å²) in [5.41, 5.74) is 5.99. The highest BCUT2D eigenvalue weighted by atomic mass is 16.1. The maximum absolute atomic E-state index is 12.9. The molecule has 0 saturated carbocycles. The molecule has 1 saturated heterocycles. The minimum Gasteiger partial charge on any atom is -0.370 e. The van der Waals surface area contributed by atoms with Crippen LogP contribution in [0.3, 0.4) is 0 Å². The van der Waals surface area contributed by atoms with E-state index in [-0.39, 0.29) is 5.91 Å². The molecule has 0 radical (unpaired) electrons. The zero-order valence-corrected chi connectivity index (χ0v) is 17.4. The average molecular weight is 412 g/mol. The first-order valence-electron chi connectivity index (χ1n) is 10.6. The van der Waals surface area contributed by atoms with Gasteiger partial charge >= 0.3 is 0 Å². The van der Waals surface area contributed by atoms with Crippen LogP contribution >= 0.6 is 0 Å². The second-order valence-electron chi connectivity index (χ2n) is 8.02. The summed E-state index contributed by atoms with van der Waals surface area (Å²) in [7, 11) is 0. The van der Waals surface area contributed by atoms with Crippen LogP contribution in [0.15, 0.2) is 55.1 Å². The number of amides is 1. The first-order valence-corrected chi connectivity index (χ1v) is 10.6. The number of fused-ring (bicyclic) bond motifs is 1. The van der Waals surface area contributed by atoms with Gasteiger partial charge < -0.3 is 10.2 Å². The maximum atomic E-state index is 12.9. The summed E-state index contributed by atoms with van der Waals surface area (Å²) in [5.74, 6) is -0.268. The Hall–Kier alpha value is -3.74. The Kier molecular flexibility index (Phi) is 5.08. The Balaban J connectivity index is 1.46. The average Bonchev–Trinajstić information content (AvgIpc) is 3.23. The molecule has 31 heavy (non-hydrogen) atoms. The fraction of sp³-hybridized carbons (Fsp3) is 0.250. The zero-order valence-electron chi connectivity index (χ0n) is 17.4. The van der Waals surface area contributed by atoms with Crippen LogP contribution in [-0.4, -0.2) is 39.2 Å². The lowest BCUT2D eigenvalue weighted by Crippen LogP contribution is -2.29. The maximum Gasteiger partial charge on any atom is 0.276 e. The van der Waals surface area contributed by atoms with Crippen molar-refractivity contribution in [3.8, 4) is 11.1 Å². The van der Waals surface area contributed by atoms with E-state index in [2.05, 4.69) is 36.4 Å². The van der Waals surface area contributed by atoms with Crippen LogP contribution in [0.1, 0.15) is 35.3 Å². The van der Waals surface area contributed by atoms with Crippen molar-refractivity contribution in [1.29, 1.82) is 0 Å². The molecule has 1 fully saturated rings. The van der Waals surface area contributed by atoms with E-state index in [1.807, 2.05) is 43.6 Å². The molecule has 2 N–H and O–H groups in total. The van der Waals surface area contributed by atoms with Crippen LogP contribution in [0.4, 0.5) is 11.4 Å². The van der Waals surface area contributed by atoms with Gasteiger partial charge in [-0.3, -0.25) is 19.9 Å². The number of hydrogen-bond donors (Lipinski definition) is 2. The summed E-state index contributed by atoms with van der Waals surface area (Å²) < 4.78 is 0. The molecule has 4 aromatic rings. The normalized spacial score (nSPS) is 14.0. The Morgan fingerprint density at radius 2 is 1.81 bits per heavy atom. The quantitative estimate of drug-likeness (QED) is 0.513. The number of hydrogen-bond acceptors (Lipinski definition) is 5. The molecule has 1 amide bonds. The summed E-state index contributed by atoms with van der Waals surface area (Å²) in [6.45, 7) is 4.08. The monoisotopic (exact) mass is 412 g/mol. The van der Waals surface area contributed by atoms with Gasteiger partial charge in [-0.05, 0) is 61.6 Å². The van der Waals surface area contributed by atoms with Crippen molar-refractivity contribution >= 4 is 28.2 Å². The molecule has 5 rings (SSSR count). The fourth-order valence-electron chi connectivity index (χ4n) is 4.09. The van der Waals surface area contributed by atoms with Gasteiger partial charge in [0.2, 0.25) is 0 Å². The van der Waals surface area contributed by atoms with E-state index in [0.29, 0.717) is 11.4 Å². The van der Waals surface area contributed by atoms with E-state index < -0.39 is 0 Å². The molecule has 7 heteroatoms. The van der Waals surface area contributed by atoms with Crippen LogP contribution in [0, 0.1) is 6.92 Å². The number of aromatic amines is 1. The molecule has 0 spiro atoms. The topological polar surface area (TPSA) is 86.8 Å². The predicted molar refractivity (Wildman–Crippen MR) is 122 cm³/mol. The third-order valence-corrected chi connectivity index (χ3v) is 5.69. The van der Waals surface area contributed by atoms with E-state index in [9.17, 15) is 4.79 Å². The fourth-order valence-corrected chi connectivity index (χ4v) is 4.09. The SMILES string of the molecule is Cc1cncc(NC(=O)c2n[nH]c3ccc(-c4cncc(N5CCCCC5)c4)cc23)c1. The molecule has 7 nitrogen and oxygen atoms in total. The molecule has 1 aliphatic rings. The molecule has 156 valence electrons. The largest absolute Gasteiger partial charge is 0.370 e. The van der Waals surface area contributed by atoms with Gasteiger partial charge in [0.25, 0.3) is 5.91 Å². The Labute approximate surface area is 180 Å². The molecule has 0 aliphatic carbocycles. The predicted octanol–water partition coefficient (Wildman–Crippen LogP) is 4.57. The Morgan fingerprint density at radius 1 is 0.968 bits per heavy atom. The minimum absolute atomic E-state index is 0.268. The molecule has 0 unspecified atom stereocenters. The first-order chi connectivity index (χ1) is 15.2. The third kappa shape index (κ3) is 3.99. The lowest BCUT2D eigenvalue weighted by atomic mass is 10.0. The van der Waals surface area contributed by atoms with Crippen molar-refractivity contribution in [3.05, 3.63) is 66.4 Å². The summed E-state index contributed by atoms with van der Waals surface area (Å²) in [4.78, 5) is 23.9. The van der Waals surface area contributed by atoms with Gasteiger partial charge in [-0.1, -0.05) is 6.07 Å². The van der Waals surface area contributed by atoms with Crippen LogP contribution in [0.25, 0.3) is 22.0 Å². The van der Waals surface area contributed by atoms with Crippen molar-refractivity contribution in [2.45, 2.75) is 26.2 Å². The number of nitrogens with one attached hydrogen (secondary N) is 2. The zero-order chi connectivity index (χ0) is 21.2. The lowest BCUT2D eigenvalue weighted by Gasteiger charge is -2.28. The number of nitrogens with zero attached hydrogens (tertiary/aromatic N) is 4. The molecular weight excluding hydrogens is 388 g/mol. The van der Waals surface area contributed by atoms with Gasteiger partial charge in [-0.15, -0.1) is 0 Å². The number of pyridine rings is 2.